The molecule has 0 radical (unpaired) electrons. The van der Waals surface area contributed by atoms with Crippen LogP contribution in [-0.4, -0.2) is 23.1 Å². The molecule has 4 nitrogen and oxygen atoms in total. The fraction of sp³-hybridized carbons (Fsp3) is 0.500. The lowest BCUT2D eigenvalue weighted by Crippen LogP contribution is -2.26. The summed E-state index contributed by atoms with van der Waals surface area (Å²) in [4.78, 5) is 11.6. The van der Waals surface area contributed by atoms with Crippen molar-refractivity contribution in [1.82, 2.24) is 9.97 Å². The van der Waals surface area contributed by atoms with E-state index >= 15 is 0 Å². The zero-order valence-corrected chi connectivity index (χ0v) is 15.0. The Kier molecular flexibility index (Phi) is 5.34. The van der Waals surface area contributed by atoms with Gasteiger partial charge in [-0.05, 0) is 42.9 Å². The maximum Gasteiger partial charge on any atom is 0.227 e. The van der Waals surface area contributed by atoms with Gasteiger partial charge in [-0.25, -0.2) is 4.98 Å². The van der Waals surface area contributed by atoms with Crippen molar-refractivity contribution in [3.05, 3.63) is 41.6 Å². The molecule has 0 saturated carbocycles. The van der Waals surface area contributed by atoms with Crippen LogP contribution in [-0.2, 0) is 0 Å². The lowest BCUT2D eigenvalue weighted by atomic mass is 9.98. The van der Waals surface area contributed by atoms with E-state index in [-0.39, 0.29) is 0 Å². The lowest BCUT2D eigenvalue weighted by molar-refractivity contribution is 0.726. The van der Waals surface area contributed by atoms with E-state index in [4.69, 9.17) is 4.98 Å². The number of aromatic nitrogens is 2. The second kappa shape index (κ2) is 7.65. The van der Waals surface area contributed by atoms with Crippen LogP contribution in [0.2, 0.25) is 0 Å². The van der Waals surface area contributed by atoms with E-state index in [1.54, 1.807) is 0 Å². The molecule has 1 fully saturated rings. The predicted octanol–water partition coefficient (Wildman–Crippen LogP) is 5.03. The van der Waals surface area contributed by atoms with Gasteiger partial charge in [-0.15, -0.1) is 0 Å². The Morgan fingerprint density at radius 3 is 2.50 bits per heavy atom. The van der Waals surface area contributed by atoms with E-state index in [1.165, 1.54) is 42.5 Å². The molecular weight excluding hydrogens is 296 g/mol. The summed E-state index contributed by atoms with van der Waals surface area (Å²) < 4.78 is 0. The summed E-state index contributed by atoms with van der Waals surface area (Å²) in [6.07, 6.45) is 6.96. The first-order chi connectivity index (χ1) is 11.6. The Balaban J connectivity index is 1.85. The van der Waals surface area contributed by atoms with E-state index in [2.05, 4.69) is 54.2 Å². The molecule has 1 aromatic carbocycles. The van der Waals surface area contributed by atoms with Crippen molar-refractivity contribution in [2.24, 2.45) is 0 Å². The molecule has 1 aliphatic rings. The average Bonchev–Trinajstić information content (AvgIpc) is 2.86. The number of anilines is 3. The van der Waals surface area contributed by atoms with Crippen LogP contribution in [0.5, 0.6) is 0 Å². The van der Waals surface area contributed by atoms with Crippen LogP contribution in [0.15, 0.2) is 30.5 Å². The molecule has 0 aliphatic carbocycles. The Hall–Kier alpha value is -2.10. The molecule has 0 spiro atoms. The summed E-state index contributed by atoms with van der Waals surface area (Å²) in [7, 11) is 0. The summed E-state index contributed by atoms with van der Waals surface area (Å²) in [6.45, 7) is 8.71. The molecule has 3 rings (SSSR count). The second-order valence-corrected chi connectivity index (χ2v) is 6.96. The van der Waals surface area contributed by atoms with Crippen molar-refractivity contribution in [3.8, 4) is 0 Å². The largest absolute Gasteiger partial charge is 0.341 e. The van der Waals surface area contributed by atoms with Crippen LogP contribution >= 0.6 is 0 Å². The van der Waals surface area contributed by atoms with Gasteiger partial charge in [-0.2, -0.15) is 4.98 Å². The van der Waals surface area contributed by atoms with Gasteiger partial charge in [0.05, 0.1) is 0 Å². The second-order valence-electron chi connectivity index (χ2n) is 6.96. The number of hydrogen-bond donors (Lipinski definition) is 1. The zero-order chi connectivity index (χ0) is 16.9. The van der Waals surface area contributed by atoms with Crippen molar-refractivity contribution >= 4 is 17.5 Å². The first-order valence-electron chi connectivity index (χ1n) is 9.09. The van der Waals surface area contributed by atoms with Crippen molar-refractivity contribution in [2.75, 3.05) is 23.3 Å². The van der Waals surface area contributed by atoms with Crippen molar-refractivity contribution in [3.63, 3.8) is 0 Å². The number of nitrogens with one attached hydrogen (secondary N) is 1. The number of aryl methyl sites for hydroxylation is 1. The molecule has 0 unspecified atom stereocenters. The predicted molar refractivity (Wildman–Crippen MR) is 101 cm³/mol. The smallest absolute Gasteiger partial charge is 0.227 e. The Morgan fingerprint density at radius 1 is 1.04 bits per heavy atom. The van der Waals surface area contributed by atoms with Crippen LogP contribution in [0.4, 0.5) is 17.5 Å². The highest BCUT2D eigenvalue weighted by Crippen LogP contribution is 2.30. The van der Waals surface area contributed by atoms with Crippen LogP contribution in [0.3, 0.4) is 0 Å². The highest BCUT2D eigenvalue weighted by Gasteiger charge is 2.14. The van der Waals surface area contributed by atoms with Crippen LogP contribution < -0.4 is 10.2 Å². The van der Waals surface area contributed by atoms with Gasteiger partial charge in [-0.1, -0.05) is 44.9 Å². The molecular formula is C20H28N4. The molecule has 1 saturated heterocycles. The number of benzene rings is 1. The first-order valence-corrected chi connectivity index (χ1v) is 9.09. The average molecular weight is 324 g/mol. The summed E-state index contributed by atoms with van der Waals surface area (Å²) in [5, 5.41) is 3.54. The minimum atomic E-state index is 0.472. The van der Waals surface area contributed by atoms with E-state index in [9.17, 15) is 0 Å². The van der Waals surface area contributed by atoms with E-state index < -0.39 is 0 Å². The summed E-state index contributed by atoms with van der Waals surface area (Å²) in [6, 6.07) is 8.42. The highest BCUT2D eigenvalue weighted by atomic mass is 15.3. The standard InChI is InChI=1S/C20H28N4/c1-15(2)17-10-8-9-16(3)19(17)22-18-11-12-21-20(23-18)24-13-6-4-5-7-14-24/h8-12,15H,4-7,13-14H2,1-3H3,(H,21,22,23). The van der Waals surface area contributed by atoms with Gasteiger partial charge in [-0.3, -0.25) is 0 Å². The van der Waals surface area contributed by atoms with Gasteiger partial charge < -0.3 is 10.2 Å². The molecule has 24 heavy (non-hydrogen) atoms. The maximum atomic E-state index is 4.78. The van der Waals surface area contributed by atoms with Crippen molar-refractivity contribution < 1.29 is 0 Å². The quantitative estimate of drug-likeness (QED) is 0.856. The molecule has 0 amide bonds. The summed E-state index contributed by atoms with van der Waals surface area (Å²) in [5.74, 6) is 2.20. The van der Waals surface area contributed by atoms with Gasteiger partial charge in [0.1, 0.15) is 5.82 Å². The third-order valence-electron chi connectivity index (χ3n) is 4.71. The first kappa shape index (κ1) is 16.7. The molecule has 1 aliphatic heterocycles. The highest BCUT2D eigenvalue weighted by molar-refractivity contribution is 5.66. The van der Waals surface area contributed by atoms with E-state index in [0.29, 0.717) is 5.92 Å². The normalized spacial score (nSPS) is 15.4. The SMILES string of the molecule is Cc1cccc(C(C)C)c1Nc1ccnc(N2CCCCCC2)n1. The zero-order valence-electron chi connectivity index (χ0n) is 15.0. The Labute approximate surface area is 145 Å². The summed E-state index contributed by atoms with van der Waals surface area (Å²) in [5.41, 5.74) is 3.74. The Bertz CT molecular complexity index is 673. The topological polar surface area (TPSA) is 41.1 Å². The fourth-order valence-electron chi connectivity index (χ4n) is 3.31. The van der Waals surface area contributed by atoms with Crippen LogP contribution in [0.1, 0.15) is 56.6 Å². The molecule has 1 N–H and O–H groups in total. The third-order valence-corrected chi connectivity index (χ3v) is 4.71. The van der Waals surface area contributed by atoms with Gasteiger partial charge in [0.2, 0.25) is 5.95 Å². The minimum absolute atomic E-state index is 0.472. The fourth-order valence-corrected chi connectivity index (χ4v) is 3.31. The number of hydrogen-bond acceptors (Lipinski definition) is 4. The molecule has 2 heterocycles. The van der Waals surface area contributed by atoms with Gasteiger partial charge in [0, 0.05) is 25.0 Å². The monoisotopic (exact) mass is 324 g/mol. The van der Waals surface area contributed by atoms with Gasteiger partial charge in [0.25, 0.3) is 0 Å². The van der Waals surface area contributed by atoms with E-state index in [0.717, 1.165) is 24.9 Å². The Morgan fingerprint density at radius 2 is 1.79 bits per heavy atom. The van der Waals surface area contributed by atoms with Crippen molar-refractivity contribution in [1.29, 1.82) is 0 Å². The minimum Gasteiger partial charge on any atom is -0.341 e. The number of nitrogens with zero attached hydrogens (tertiary/aromatic N) is 3. The third kappa shape index (κ3) is 3.86. The van der Waals surface area contributed by atoms with Crippen molar-refractivity contribution in [2.45, 2.75) is 52.4 Å². The molecule has 2 aromatic rings. The van der Waals surface area contributed by atoms with Gasteiger partial charge in [0.15, 0.2) is 0 Å². The molecule has 4 heteroatoms. The molecule has 1 aromatic heterocycles. The molecule has 0 atom stereocenters. The van der Waals surface area contributed by atoms with Crippen LogP contribution in [0.25, 0.3) is 0 Å². The van der Waals surface area contributed by atoms with Crippen LogP contribution in [0, 0.1) is 6.92 Å². The number of para-hydroxylation sites is 1. The summed E-state index contributed by atoms with van der Waals surface area (Å²) >= 11 is 0. The van der Waals surface area contributed by atoms with Gasteiger partial charge >= 0.3 is 0 Å². The molecule has 128 valence electrons. The maximum absolute atomic E-state index is 4.78. The number of rotatable bonds is 4. The van der Waals surface area contributed by atoms with E-state index in [1.807, 2.05) is 12.3 Å². The lowest BCUT2D eigenvalue weighted by Gasteiger charge is -2.21. The molecule has 0 bridgehead atoms.